The fraction of sp³-hybridized carbons (Fsp3) is 0.692. The van der Waals surface area contributed by atoms with Gasteiger partial charge < -0.3 is 10.6 Å². The number of carbonyl (C=O) groups excluding carboxylic acids is 1. The third-order valence-corrected chi connectivity index (χ3v) is 4.58. The minimum atomic E-state index is -0.374. The van der Waals surface area contributed by atoms with Crippen LogP contribution in [0.3, 0.4) is 0 Å². The molecule has 1 saturated heterocycles. The lowest BCUT2D eigenvalue weighted by atomic mass is 9.95. The van der Waals surface area contributed by atoms with E-state index in [1.165, 1.54) is 0 Å². The largest absolute Gasteiger partial charge is 0.344 e. The van der Waals surface area contributed by atoms with E-state index in [0.29, 0.717) is 0 Å². The van der Waals surface area contributed by atoms with E-state index < -0.39 is 0 Å². The molecular formula is C13H23Cl2N3OS. The van der Waals surface area contributed by atoms with Crippen LogP contribution in [0.1, 0.15) is 37.4 Å². The highest BCUT2D eigenvalue weighted by Gasteiger charge is 2.30. The van der Waals surface area contributed by atoms with Gasteiger partial charge >= 0.3 is 0 Å². The van der Waals surface area contributed by atoms with E-state index >= 15 is 0 Å². The Morgan fingerprint density at radius 2 is 2.00 bits per heavy atom. The van der Waals surface area contributed by atoms with Crippen molar-refractivity contribution in [1.29, 1.82) is 0 Å². The number of nitrogens with one attached hydrogen (secondary N) is 2. The Morgan fingerprint density at radius 1 is 1.40 bits per heavy atom. The van der Waals surface area contributed by atoms with Crippen molar-refractivity contribution in [2.24, 2.45) is 5.92 Å². The van der Waals surface area contributed by atoms with Crippen LogP contribution in [-0.2, 0) is 10.3 Å². The number of rotatable bonds is 3. The number of aryl methyl sites for hydroxylation is 1. The van der Waals surface area contributed by atoms with Crippen LogP contribution >= 0.6 is 36.2 Å². The molecule has 4 nitrogen and oxygen atoms in total. The molecule has 116 valence electrons. The van der Waals surface area contributed by atoms with E-state index in [1.54, 1.807) is 11.3 Å². The maximum atomic E-state index is 12.2. The first-order chi connectivity index (χ1) is 8.49. The van der Waals surface area contributed by atoms with Crippen LogP contribution in [0.5, 0.6) is 0 Å². The first kappa shape index (κ1) is 19.6. The highest BCUT2D eigenvalue weighted by atomic mass is 35.5. The van der Waals surface area contributed by atoms with Crippen LogP contribution in [0.2, 0.25) is 0 Å². The second-order valence-corrected chi connectivity index (χ2v) is 6.29. The summed E-state index contributed by atoms with van der Waals surface area (Å²) >= 11 is 1.61. The van der Waals surface area contributed by atoms with Gasteiger partial charge in [0.2, 0.25) is 5.91 Å². The van der Waals surface area contributed by atoms with Crippen molar-refractivity contribution < 1.29 is 4.79 Å². The molecule has 20 heavy (non-hydrogen) atoms. The monoisotopic (exact) mass is 339 g/mol. The predicted octanol–water partition coefficient (Wildman–Crippen LogP) is 2.65. The first-order valence-corrected chi connectivity index (χ1v) is 7.32. The summed E-state index contributed by atoms with van der Waals surface area (Å²) in [5.41, 5.74) is 0.639. The van der Waals surface area contributed by atoms with Crippen LogP contribution in [0.25, 0.3) is 0 Å². The maximum absolute atomic E-state index is 12.2. The zero-order chi connectivity index (χ0) is 13.2. The van der Waals surface area contributed by atoms with Crippen molar-refractivity contribution in [2.75, 3.05) is 13.1 Å². The number of aromatic nitrogens is 1. The second kappa shape index (κ2) is 8.17. The van der Waals surface area contributed by atoms with Gasteiger partial charge in [-0.25, -0.2) is 4.98 Å². The van der Waals surface area contributed by atoms with Crippen LogP contribution in [0, 0.1) is 12.8 Å². The third-order valence-electron chi connectivity index (χ3n) is 3.30. The van der Waals surface area contributed by atoms with Gasteiger partial charge in [-0.3, -0.25) is 4.79 Å². The van der Waals surface area contributed by atoms with E-state index in [0.717, 1.165) is 36.6 Å². The van der Waals surface area contributed by atoms with Crippen molar-refractivity contribution in [1.82, 2.24) is 15.6 Å². The number of thiazole rings is 1. The Morgan fingerprint density at radius 3 is 2.50 bits per heavy atom. The Hall–Kier alpha value is -0.360. The van der Waals surface area contributed by atoms with Gasteiger partial charge in [0.25, 0.3) is 0 Å². The van der Waals surface area contributed by atoms with E-state index in [-0.39, 0.29) is 42.2 Å². The second-order valence-electron chi connectivity index (χ2n) is 5.43. The molecule has 2 heterocycles. The van der Waals surface area contributed by atoms with E-state index in [1.807, 2.05) is 26.2 Å². The summed E-state index contributed by atoms with van der Waals surface area (Å²) in [5, 5.41) is 9.41. The summed E-state index contributed by atoms with van der Waals surface area (Å²) in [6.45, 7) is 7.89. The molecule has 0 aliphatic carbocycles. The molecule has 0 radical (unpaired) electrons. The molecule has 1 amide bonds. The van der Waals surface area contributed by atoms with Crippen LogP contribution < -0.4 is 10.6 Å². The van der Waals surface area contributed by atoms with Gasteiger partial charge in [0, 0.05) is 17.0 Å². The molecule has 2 N–H and O–H groups in total. The molecular weight excluding hydrogens is 317 g/mol. The average Bonchev–Trinajstić information content (AvgIpc) is 2.77. The normalized spacial score (nSPS) is 15.9. The molecule has 1 aliphatic rings. The Labute approximate surface area is 137 Å². The summed E-state index contributed by atoms with van der Waals surface area (Å²) in [7, 11) is 0. The maximum Gasteiger partial charge on any atom is 0.223 e. The fourth-order valence-electron chi connectivity index (χ4n) is 2.19. The summed E-state index contributed by atoms with van der Waals surface area (Å²) < 4.78 is 0. The highest BCUT2D eigenvalue weighted by molar-refractivity contribution is 7.09. The number of carbonyl (C=O) groups is 1. The summed E-state index contributed by atoms with van der Waals surface area (Å²) in [4.78, 5) is 16.7. The summed E-state index contributed by atoms with van der Waals surface area (Å²) in [5.74, 6) is 0.306. The van der Waals surface area contributed by atoms with Gasteiger partial charge in [-0.05, 0) is 46.7 Å². The van der Waals surface area contributed by atoms with Crippen molar-refractivity contribution in [2.45, 2.75) is 39.2 Å². The molecule has 7 heteroatoms. The Balaban J connectivity index is 0.00000180. The van der Waals surface area contributed by atoms with Crippen LogP contribution in [-0.4, -0.2) is 24.0 Å². The smallest absolute Gasteiger partial charge is 0.223 e. The fourth-order valence-corrected chi connectivity index (χ4v) is 3.07. The lowest BCUT2D eigenvalue weighted by Crippen LogP contribution is -2.46. The number of hydrogen-bond acceptors (Lipinski definition) is 4. The van der Waals surface area contributed by atoms with Crippen molar-refractivity contribution >= 4 is 42.1 Å². The number of piperidine rings is 1. The van der Waals surface area contributed by atoms with Gasteiger partial charge in [0.05, 0.1) is 5.54 Å². The summed E-state index contributed by atoms with van der Waals surface area (Å²) in [6.07, 6.45) is 1.86. The molecule has 1 aromatic heterocycles. The van der Waals surface area contributed by atoms with Crippen molar-refractivity contribution in [3.63, 3.8) is 0 Å². The molecule has 1 fully saturated rings. The topological polar surface area (TPSA) is 54.0 Å². The number of nitrogens with zero attached hydrogens (tertiary/aromatic N) is 1. The molecule has 1 aliphatic heterocycles. The highest BCUT2D eigenvalue weighted by Crippen LogP contribution is 2.25. The van der Waals surface area contributed by atoms with Gasteiger partial charge in [-0.1, -0.05) is 0 Å². The molecule has 2 rings (SSSR count). The Bertz CT molecular complexity index is 431. The van der Waals surface area contributed by atoms with E-state index in [4.69, 9.17) is 0 Å². The number of hydrogen-bond donors (Lipinski definition) is 2. The van der Waals surface area contributed by atoms with Crippen LogP contribution in [0.4, 0.5) is 0 Å². The lowest BCUT2D eigenvalue weighted by molar-refractivity contribution is -0.127. The molecule has 0 spiro atoms. The minimum absolute atomic E-state index is 0. The van der Waals surface area contributed by atoms with Gasteiger partial charge in [0.15, 0.2) is 0 Å². The minimum Gasteiger partial charge on any atom is -0.344 e. The number of amides is 1. The molecule has 0 unspecified atom stereocenters. The van der Waals surface area contributed by atoms with Gasteiger partial charge in [-0.2, -0.15) is 0 Å². The van der Waals surface area contributed by atoms with Gasteiger partial charge in [-0.15, -0.1) is 36.2 Å². The standard InChI is InChI=1S/C13H21N3OS.2ClH/c1-9-8-18-12(15-9)13(2,3)16-11(17)10-4-6-14-7-5-10;;/h8,10,14H,4-7H2,1-3H3,(H,16,17);2*1H. The zero-order valence-corrected chi connectivity index (χ0v) is 14.5. The van der Waals surface area contributed by atoms with Crippen molar-refractivity contribution in [3.8, 4) is 0 Å². The molecule has 0 bridgehead atoms. The van der Waals surface area contributed by atoms with Gasteiger partial charge in [0.1, 0.15) is 5.01 Å². The van der Waals surface area contributed by atoms with Crippen LogP contribution in [0.15, 0.2) is 5.38 Å². The predicted molar refractivity (Wildman–Crippen MR) is 88.1 cm³/mol. The number of halogens is 2. The summed E-state index contributed by atoms with van der Waals surface area (Å²) in [6, 6.07) is 0. The average molecular weight is 340 g/mol. The molecule has 0 aromatic carbocycles. The first-order valence-electron chi connectivity index (χ1n) is 6.44. The van der Waals surface area contributed by atoms with E-state index in [9.17, 15) is 4.79 Å². The molecule has 1 aromatic rings. The zero-order valence-electron chi connectivity index (χ0n) is 12.1. The SMILES string of the molecule is Cc1csc(C(C)(C)NC(=O)C2CCNCC2)n1.Cl.Cl. The van der Waals surface area contributed by atoms with Crippen molar-refractivity contribution in [3.05, 3.63) is 16.1 Å². The Kier molecular flexibility index (Phi) is 8.03. The van der Waals surface area contributed by atoms with E-state index in [2.05, 4.69) is 15.6 Å². The molecule has 0 atom stereocenters. The molecule has 0 saturated carbocycles. The quantitative estimate of drug-likeness (QED) is 0.889. The lowest BCUT2D eigenvalue weighted by Gasteiger charge is -2.28. The third kappa shape index (κ3) is 4.88.